The van der Waals surface area contributed by atoms with Crippen LogP contribution < -0.4 is 20.1 Å². The molecule has 2 N–H and O–H groups in total. The third kappa shape index (κ3) is 7.82. The van der Waals surface area contributed by atoms with Crippen LogP contribution in [0.4, 0.5) is 4.79 Å². The summed E-state index contributed by atoms with van der Waals surface area (Å²) in [5, 5.41) is 6.54. The Labute approximate surface area is 300 Å². The van der Waals surface area contributed by atoms with Gasteiger partial charge in [0.05, 0.1) is 24.5 Å². The second-order valence-electron chi connectivity index (χ2n) is 13.8. The van der Waals surface area contributed by atoms with Gasteiger partial charge in [-0.15, -0.1) is 0 Å². The van der Waals surface area contributed by atoms with Crippen molar-refractivity contribution in [1.29, 1.82) is 0 Å². The summed E-state index contributed by atoms with van der Waals surface area (Å²) >= 11 is 3.22. The van der Waals surface area contributed by atoms with E-state index in [1.165, 1.54) is 11.8 Å². The lowest BCUT2D eigenvalue weighted by Crippen LogP contribution is -2.56. The Hall–Kier alpha value is -4.00. The number of benzene rings is 1. The number of methoxy groups -OCH3 is 1. The minimum absolute atomic E-state index is 0.0465. The average molecular weight is 754 g/mol. The summed E-state index contributed by atoms with van der Waals surface area (Å²) in [6.07, 6.45) is 10.5. The average Bonchev–Trinajstić information content (AvgIpc) is 3.37. The zero-order chi connectivity index (χ0) is 35.4. The fraction of sp³-hybridized carbons (Fsp3) is 0.568. The van der Waals surface area contributed by atoms with Gasteiger partial charge in [-0.05, 0) is 70.4 Å². The molecule has 2 saturated carbocycles. The molecular weight excluding hydrogens is 708 g/mol. The predicted molar refractivity (Wildman–Crippen MR) is 189 cm³/mol. The number of nitrogens with one attached hydrogen (secondary N) is 2. The summed E-state index contributed by atoms with van der Waals surface area (Å²) in [5.41, 5.74) is -0.329. The van der Waals surface area contributed by atoms with Gasteiger partial charge in [-0.1, -0.05) is 40.9 Å². The fourth-order valence-corrected chi connectivity index (χ4v) is 7.75. The highest BCUT2D eigenvalue weighted by atomic mass is 79.9. The highest BCUT2D eigenvalue weighted by Gasteiger charge is 2.59. The number of ether oxygens (including phenoxy) is 3. The monoisotopic (exact) mass is 752 g/mol. The number of hydrogen-bond acceptors (Lipinski definition) is 9. The summed E-state index contributed by atoms with van der Waals surface area (Å²) in [4.78, 5) is 73.2. The highest BCUT2D eigenvalue weighted by Crippen LogP contribution is 2.46. The maximum atomic E-state index is 14.4. The molecule has 2 aliphatic heterocycles. The Morgan fingerprint density at radius 3 is 2.58 bits per heavy atom. The number of nitrogens with zero attached hydrogens (tertiary/aromatic N) is 2. The molecule has 268 valence electrons. The number of ketones is 2. The number of allylic oxidation sites excluding steroid dienone is 1. The van der Waals surface area contributed by atoms with Gasteiger partial charge in [0.15, 0.2) is 11.6 Å². The maximum Gasteiger partial charge on any atom is 0.408 e. The number of rotatable bonds is 8. The van der Waals surface area contributed by atoms with Gasteiger partial charge in [0.25, 0.3) is 0 Å². The van der Waals surface area contributed by atoms with E-state index < -0.39 is 41.6 Å². The van der Waals surface area contributed by atoms with Crippen LogP contribution in [0.1, 0.15) is 88.0 Å². The van der Waals surface area contributed by atoms with Gasteiger partial charge in [0.1, 0.15) is 47.0 Å². The van der Waals surface area contributed by atoms with Crippen LogP contribution in [0, 0.1) is 5.92 Å². The van der Waals surface area contributed by atoms with Crippen molar-refractivity contribution in [2.24, 2.45) is 5.92 Å². The van der Waals surface area contributed by atoms with Crippen molar-refractivity contribution in [3.63, 3.8) is 0 Å². The number of hydrogen-bond donors (Lipinski definition) is 2. The molecule has 0 radical (unpaired) electrons. The largest absolute Gasteiger partial charge is 0.497 e. The number of halogens is 1. The molecule has 2 aromatic rings. The lowest BCUT2D eigenvalue weighted by Gasteiger charge is -2.29. The first-order chi connectivity index (χ1) is 24.1. The zero-order valence-corrected chi connectivity index (χ0v) is 30.2. The Balaban J connectivity index is 1.31. The lowest BCUT2D eigenvalue weighted by atomic mass is 10.0. The maximum absolute atomic E-state index is 14.4. The molecule has 6 rings (SSSR count). The van der Waals surface area contributed by atoms with Gasteiger partial charge in [0, 0.05) is 29.9 Å². The molecule has 12 nitrogen and oxygen atoms in total. The quantitative estimate of drug-likeness (QED) is 0.211. The molecular formula is C37H45BrN4O8. The second kappa shape index (κ2) is 15.5. The van der Waals surface area contributed by atoms with E-state index in [-0.39, 0.29) is 47.6 Å². The third-order valence-electron chi connectivity index (χ3n) is 10.4. The standard InChI is InChI=1S/C37H45BrN4O8/c1-22(43)37-19-23(37)10-6-4-3-5-7-13-28(40-36(47)50-24-11-8-9-12-24)35(46)42-21-26(17-31(42)34(45)41-37)49-33-18-30(32(44)20-38)39-29-16-25(48-2)14-15-27(29)33/h6,10,14-16,18,23-24,26,28,31H,3-5,7-9,11-13,17,19-21H2,1-2H3,(H,40,47)(H,41,45)/b10-6-/t23?,26-,28+,31+,37+/m1/s1. The van der Waals surface area contributed by atoms with Crippen LogP contribution in [0.2, 0.25) is 0 Å². The van der Waals surface area contributed by atoms with Crippen molar-refractivity contribution < 1.29 is 38.2 Å². The van der Waals surface area contributed by atoms with E-state index in [1.807, 2.05) is 6.08 Å². The van der Waals surface area contributed by atoms with Crippen molar-refractivity contribution in [1.82, 2.24) is 20.5 Å². The SMILES string of the molecule is COc1ccc2c(O[C@@H]3C[C@H]4C(=O)N[C@]5(C(C)=O)CC5/C=C\CCCCC[C@H](NC(=O)OC5CCCC5)C(=O)N4C3)cc(C(=O)CBr)nc2c1. The summed E-state index contributed by atoms with van der Waals surface area (Å²) in [6, 6.07) is 4.97. The van der Waals surface area contributed by atoms with Crippen LogP contribution in [0.25, 0.3) is 10.9 Å². The molecule has 3 amide bonds. The number of Topliss-reactive ketones (excluding diaryl/α,β-unsaturated/α-hetero) is 2. The second-order valence-corrected chi connectivity index (χ2v) is 14.4. The smallest absolute Gasteiger partial charge is 0.408 e. The van der Waals surface area contributed by atoms with Gasteiger partial charge in [-0.2, -0.15) is 0 Å². The zero-order valence-electron chi connectivity index (χ0n) is 28.6. The van der Waals surface area contributed by atoms with E-state index in [2.05, 4.69) is 37.6 Å². The number of aromatic nitrogens is 1. The van der Waals surface area contributed by atoms with Crippen LogP contribution in [-0.2, 0) is 19.1 Å². The van der Waals surface area contributed by atoms with Crippen LogP contribution in [-0.4, -0.2) is 88.2 Å². The molecule has 3 fully saturated rings. The number of carbonyl (C=O) groups excluding carboxylic acids is 5. The molecule has 4 aliphatic rings. The van der Waals surface area contributed by atoms with Crippen LogP contribution in [0.15, 0.2) is 36.4 Å². The van der Waals surface area contributed by atoms with Gasteiger partial charge < -0.3 is 29.7 Å². The normalized spacial score (nSPS) is 28.0. The molecule has 0 spiro atoms. The number of alkyl carbamates (subject to hydrolysis) is 1. The number of alkyl halides is 1. The van der Waals surface area contributed by atoms with Crippen LogP contribution in [0.5, 0.6) is 11.5 Å². The molecule has 1 aromatic heterocycles. The van der Waals surface area contributed by atoms with Gasteiger partial charge in [-0.25, -0.2) is 9.78 Å². The van der Waals surface area contributed by atoms with Crippen LogP contribution >= 0.6 is 15.9 Å². The molecule has 0 bridgehead atoms. The number of fused-ring (bicyclic) bond motifs is 3. The minimum Gasteiger partial charge on any atom is -0.497 e. The molecule has 5 atom stereocenters. The minimum atomic E-state index is -1.02. The van der Waals surface area contributed by atoms with Crippen molar-refractivity contribution in [3.05, 3.63) is 42.1 Å². The van der Waals surface area contributed by atoms with E-state index in [9.17, 15) is 24.0 Å². The fourth-order valence-electron chi connectivity index (χ4n) is 7.47. The van der Waals surface area contributed by atoms with E-state index in [4.69, 9.17) is 14.2 Å². The third-order valence-corrected chi connectivity index (χ3v) is 10.9. The Kier molecular flexibility index (Phi) is 11.1. The van der Waals surface area contributed by atoms with Gasteiger partial charge in [-0.3, -0.25) is 19.2 Å². The molecule has 50 heavy (non-hydrogen) atoms. The van der Waals surface area contributed by atoms with Crippen molar-refractivity contribution in [3.8, 4) is 11.5 Å². The topological polar surface area (TPSA) is 153 Å². The van der Waals surface area contributed by atoms with Gasteiger partial charge in [0.2, 0.25) is 11.8 Å². The lowest BCUT2D eigenvalue weighted by molar-refractivity contribution is -0.141. The van der Waals surface area contributed by atoms with Crippen molar-refractivity contribution in [2.75, 3.05) is 19.0 Å². The first kappa shape index (κ1) is 35.8. The highest BCUT2D eigenvalue weighted by molar-refractivity contribution is 9.09. The Morgan fingerprint density at radius 1 is 1.06 bits per heavy atom. The Bertz CT molecular complexity index is 1680. The van der Waals surface area contributed by atoms with E-state index in [0.717, 1.165) is 44.9 Å². The van der Waals surface area contributed by atoms with E-state index in [1.54, 1.807) is 31.4 Å². The number of carbonyl (C=O) groups is 5. The molecule has 2 aliphatic carbocycles. The number of pyridine rings is 1. The summed E-state index contributed by atoms with van der Waals surface area (Å²) in [7, 11) is 1.54. The first-order valence-corrected chi connectivity index (χ1v) is 18.8. The van der Waals surface area contributed by atoms with Crippen LogP contribution in [0.3, 0.4) is 0 Å². The first-order valence-electron chi connectivity index (χ1n) is 17.6. The molecule has 1 unspecified atom stereocenters. The Morgan fingerprint density at radius 2 is 1.84 bits per heavy atom. The molecule has 13 heteroatoms. The van der Waals surface area contributed by atoms with Crippen molar-refractivity contribution in [2.45, 2.75) is 107 Å². The summed E-state index contributed by atoms with van der Waals surface area (Å²) in [6.45, 7) is 1.53. The van der Waals surface area contributed by atoms with E-state index in [0.29, 0.717) is 41.7 Å². The van der Waals surface area contributed by atoms with Gasteiger partial charge >= 0.3 is 6.09 Å². The van der Waals surface area contributed by atoms with E-state index >= 15 is 0 Å². The molecule has 3 heterocycles. The number of amides is 3. The molecule has 1 saturated heterocycles. The summed E-state index contributed by atoms with van der Waals surface area (Å²) in [5.74, 6) is -0.402. The van der Waals surface area contributed by atoms with Crippen molar-refractivity contribution >= 4 is 56.3 Å². The molecule has 1 aromatic carbocycles. The summed E-state index contributed by atoms with van der Waals surface area (Å²) < 4.78 is 17.6. The predicted octanol–water partition coefficient (Wildman–Crippen LogP) is 5.19.